The molecule has 0 bridgehead atoms. The molecule has 0 fully saturated rings. The largest absolute Gasteiger partial charge is 1.00 e. The number of rotatable bonds is 1. The molecule has 0 saturated heterocycles. The molecule has 0 amide bonds. The molecule has 1 rings (SSSR count). The summed E-state index contributed by atoms with van der Waals surface area (Å²) in [6, 6.07) is 7.36. The fraction of sp³-hybridized carbons (Fsp3) is 0.200. The van der Waals surface area contributed by atoms with E-state index in [9.17, 15) is 0 Å². The molecular weight excluding hydrogens is 219 g/mol. The smallest absolute Gasteiger partial charge is 0.343 e. The normalized spacial score (nSPS) is 7.36. The van der Waals surface area contributed by atoms with Crippen LogP contribution in [0, 0.1) is 17.9 Å². The van der Waals surface area contributed by atoms with E-state index in [0.717, 1.165) is 17.7 Å². The molecule has 0 spiro atoms. The number of benzene rings is 1. The van der Waals surface area contributed by atoms with Crippen LogP contribution >= 0.6 is 12.4 Å². The maximum absolute atomic E-state index is 8.61. The molecule has 0 atom stereocenters. The number of aryl methyl sites for hydroxylation is 1. The van der Waals surface area contributed by atoms with E-state index in [0.29, 0.717) is 5.56 Å². The van der Waals surface area contributed by atoms with Crippen LogP contribution in [-0.4, -0.2) is 0 Å². The second-order valence-corrected chi connectivity index (χ2v) is 2.44. The summed E-state index contributed by atoms with van der Waals surface area (Å²) < 4.78 is 0. The van der Waals surface area contributed by atoms with Gasteiger partial charge in [0, 0.05) is 11.6 Å². The van der Waals surface area contributed by atoms with Gasteiger partial charge in [-0.15, -0.1) is 12.4 Å². The average molecular weight is 229 g/mol. The topological polar surface area (TPSA) is 28.1 Å². The molecule has 0 aliphatic rings. The van der Waals surface area contributed by atoms with Crippen LogP contribution in [0.1, 0.15) is 18.1 Å². The highest BCUT2D eigenvalue weighted by atomic mass is 35.5. The minimum Gasteiger partial charge on any atom is -1.00 e. The van der Waals surface area contributed by atoms with Gasteiger partial charge in [-0.2, -0.15) is 5.26 Å². The Balaban J connectivity index is 0. The highest BCUT2D eigenvalue weighted by Crippen LogP contribution is 2.20. The van der Waals surface area contributed by atoms with Crippen molar-refractivity contribution >= 4 is 18.1 Å². The lowest BCUT2D eigenvalue weighted by atomic mass is 10.1. The van der Waals surface area contributed by atoms with Gasteiger partial charge < -0.3 is 12.4 Å². The Morgan fingerprint density at radius 1 is 1.50 bits per heavy atom. The standard InChI is InChI=1S/C10H9N2.2ClH/c1-3-9-6-8(7-11)4-5-10(9)12-2;;/h2,4-6H,3H2,1H3;2*1H/q+1;;/p-1. The summed E-state index contributed by atoms with van der Waals surface area (Å²) in [7, 11) is 0. The summed E-state index contributed by atoms with van der Waals surface area (Å²) in [5.41, 5.74) is 2.42. The van der Waals surface area contributed by atoms with E-state index in [1.165, 1.54) is 0 Å². The van der Waals surface area contributed by atoms with E-state index in [2.05, 4.69) is 10.9 Å². The van der Waals surface area contributed by atoms with Crippen molar-refractivity contribution in [1.82, 2.24) is 0 Å². The monoisotopic (exact) mass is 228 g/mol. The van der Waals surface area contributed by atoms with Crippen molar-refractivity contribution in [2.75, 3.05) is 0 Å². The van der Waals surface area contributed by atoms with Crippen LogP contribution in [-0.2, 0) is 6.42 Å². The van der Waals surface area contributed by atoms with Gasteiger partial charge in [-0.1, -0.05) is 6.92 Å². The molecule has 0 aliphatic heterocycles. The van der Waals surface area contributed by atoms with Gasteiger partial charge in [-0.25, -0.2) is 0 Å². The van der Waals surface area contributed by atoms with Gasteiger partial charge in [-0.05, 0) is 23.4 Å². The van der Waals surface area contributed by atoms with E-state index in [-0.39, 0.29) is 24.8 Å². The molecule has 1 aromatic rings. The van der Waals surface area contributed by atoms with Crippen LogP contribution in [0.4, 0.5) is 5.69 Å². The molecule has 74 valence electrons. The SMILES string of the molecule is C#[N+]c1ccc(C#N)cc1CC.Cl.[Cl-]. The van der Waals surface area contributed by atoms with Crippen molar-refractivity contribution in [3.8, 4) is 12.6 Å². The van der Waals surface area contributed by atoms with Gasteiger partial charge >= 0.3 is 5.69 Å². The Labute approximate surface area is 96.2 Å². The number of hydrogen-bond donors (Lipinski definition) is 0. The maximum atomic E-state index is 8.61. The fourth-order valence-corrected chi connectivity index (χ4v) is 1.06. The highest BCUT2D eigenvalue weighted by Gasteiger charge is 2.08. The number of halogens is 2. The zero-order chi connectivity index (χ0) is 8.97. The van der Waals surface area contributed by atoms with Crippen LogP contribution in [0.2, 0.25) is 0 Å². The van der Waals surface area contributed by atoms with Gasteiger partial charge in [0.25, 0.3) is 6.57 Å². The zero-order valence-corrected chi connectivity index (χ0v) is 9.27. The van der Waals surface area contributed by atoms with E-state index in [4.69, 9.17) is 11.8 Å². The lowest BCUT2D eigenvalue weighted by molar-refractivity contribution is -0.00000288. The van der Waals surface area contributed by atoms with Crippen LogP contribution in [0.3, 0.4) is 0 Å². The quantitative estimate of drug-likeness (QED) is 0.673. The summed E-state index contributed by atoms with van der Waals surface area (Å²) in [6.07, 6.45) is 0.839. The van der Waals surface area contributed by atoms with Crippen molar-refractivity contribution in [2.45, 2.75) is 13.3 Å². The molecule has 2 nitrogen and oxygen atoms in total. The Bertz CT molecular complexity index is 375. The molecule has 0 saturated carbocycles. The van der Waals surface area contributed by atoms with Crippen molar-refractivity contribution in [3.05, 3.63) is 34.2 Å². The van der Waals surface area contributed by atoms with Crippen LogP contribution in [0.15, 0.2) is 18.2 Å². The van der Waals surface area contributed by atoms with Crippen molar-refractivity contribution < 1.29 is 12.4 Å². The van der Waals surface area contributed by atoms with E-state index in [1.54, 1.807) is 12.1 Å². The third-order valence-electron chi connectivity index (χ3n) is 1.73. The summed E-state index contributed by atoms with van der Waals surface area (Å²) in [5.74, 6) is 0. The van der Waals surface area contributed by atoms with E-state index >= 15 is 0 Å². The molecule has 0 N–H and O–H groups in total. The maximum Gasteiger partial charge on any atom is 0.343 e. The van der Waals surface area contributed by atoms with E-state index < -0.39 is 0 Å². The van der Waals surface area contributed by atoms with Crippen LogP contribution in [0.25, 0.3) is 4.85 Å². The third-order valence-corrected chi connectivity index (χ3v) is 1.73. The van der Waals surface area contributed by atoms with Crippen LogP contribution < -0.4 is 12.4 Å². The Morgan fingerprint density at radius 2 is 2.14 bits per heavy atom. The molecular formula is C10H10Cl2N2. The summed E-state index contributed by atoms with van der Waals surface area (Å²) in [5, 5.41) is 8.61. The molecule has 1 aromatic carbocycles. The molecule has 4 heteroatoms. The second kappa shape index (κ2) is 7.21. The summed E-state index contributed by atoms with van der Waals surface area (Å²) >= 11 is 0. The van der Waals surface area contributed by atoms with Gasteiger partial charge in [0.15, 0.2) is 0 Å². The van der Waals surface area contributed by atoms with Gasteiger partial charge in [-0.3, -0.25) is 0 Å². The first-order valence-corrected chi connectivity index (χ1v) is 3.75. The van der Waals surface area contributed by atoms with Gasteiger partial charge in [0.2, 0.25) is 0 Å². The lowest BCUT2D eigenvalue weighted by Gasteiger charge is -1.92. The Kier molecular flexibility index (Phi) is 7.86. The highest BCUT2D eigenvalue weighted by molar-refractivity contribution is 5.85. The Morgan fingerprint density at radius 3 is 2.57 bits per heavy atom. The summed E-state index contributed by atoms with van der Waals surface area (Å²) in [6.45, 7) is 7.16. The van der Waals surface area contributed by atoms with Crippen molar-refractivity contribution in [3.63, 3.8) is 0 Å². The number of nitriles is 1. The first-order chi connectivity index (χ1) is 5.81. The molecule has 14 heavy (non-hydrogen) atoms. The molecule has 0 radical (unpaired) electrons. The minimum absolute atomic E-state index is 0. The average Bonchev–Trinajstić information content (AvgIpc) is 2.16. The first kappa shape index (κ1) is 15.3. The first-order valence-electron chi connectivity index (χ1n) is 3.75. The van der Waals surface area contributed by atoms with Gasteiger partial charge in [0.05, 0.1) is 11.6 Å². The lowest BCUT2D eigenvalue weighted by Crippen LogP contribution is -3.00. The van der Waals surface area contributed by atoms with Crippen molar-refractivity contribution in [2.24, 2.45) is 0 Å². The molecule has 0 aliphatic carbocycles. The molecule has 0 unspecified atom stereocenters. The van der Waals surface area contributed by atoms with Crippen molar-refractivity contribution in [1.29, 1.82) is 5.26 Å². The fourth-order valence-electron chi connectivity index (χ4n) is 1.06. The number of nitrogens with zero attached hydrogens (tertiary/aromatic N) is 2. The second-order valence-electron chi connectivity index (χ2n) is 2.44. The van der Waals surface area contributed by atoms with Gasteiger partial charge in [0.1, 0.15) is 0 Å². The predicted octanol–water partition coefficient (Wildman–Crippen LogP) is 0.141. The summed E-state index contributed by atoms with van der Waals surface area (Å²) in [4.78, 5) is 3.61. The zero-order valence-electron chi connectivity index (χ0n) is 7.70. The Hall–Kier alpha value is -1.22. The third kappa shape index (κ3) is 3.26. The van der Waals surface area contributed by atoms with E-state index in [1.807, 2.05) is 13.0 Å². The minimum atomic E-state index is 0. The molecule has 0 aromatic heterocycles. The predicted molar refractivity (Wildman–Crippen MR) is 55.7 cm³/mol. The number of hydrogen-bond acceptors (Lipinski definition) is 1. The van der Waals surface area contributed by atoms with Crippen LogP contribution in [0.5, 0.6) is 0 Å². The molecule has 0 heterocycles.